The molecule has 1 amide bonds. The molecule has 4 rings (SSSR count). The van der Waals surface area contributed by atoms with Crippen LogP contribution in [-0.2, 0) is 6.54 Å². The zero-order valence-electron chi connectivity index (χ0n) is 14.4. The highest BCUT2D eigenvalue weighted by atomic mass is 16.6. The maximum absolute atomic E-state index is 12.7. The third-order valence-electron chi connectivity index (χ3n) is 4.25. The van der Waals surface area contributed by atoms with Crippen LogP contribution in [0.2, 0.25) is 0 Å². The summed E-state index contributed by atoms with van der Waals surface area (Å²) in [5, 5.41) is 2.94. The number of nitrogens with one attached hydrogen (secondary N) is 1. The summed E-state index contributed by atoms with van der Waals surface area (Å²) in [6.45, 7) is 3.83. The Labute approximate surface area is 151 Å². The van der Waals surface area contributed by atoms with Gasteiger partial charge in [-0.3, -0.25) is 4.79 Å². The fraction of sp³-hybridized carbons (Fsp3) is 0.200. The van der Waals surface area contributed by atoms with Crippen LogP contribution in [0.5, 0.6) is 11.5 Å². The minimum atomic E-state index is -0.233. The van der Waals surface area contributed by atoms with Crippen LogP contribution in [0.3, 0.4) is 0 Å². The van der Waals surface area contributed by atoms with E-state index in [0.717, 1.165) is 17.9 Å². The van der Waals surface area contributed by atoms with E-state index in [9.17, 15) is 4.79 Å². The van der Waals surface area contributed by atoms with Crippen molar-refractivity contribution in [1.29, 1.82) is 0 Å². The molecule has 0 fully saturated rings. The average molecular weight is 349 g/mol. The number of nitrogens with zero attached hydrogens (tertiary/aromatic N) is 2. The topological polar surface area (TPSA) is 65.4 Å². The highest BCUT2D eigenvalue weighted by Gasteiger charge is 2.20. The molecular weight excluding hydrogens is 330 g/mol. The number of aromatic nitrogens is 2. The van der Waals surface area contributed by atoms with Crippen LogP contribution in [0.1, 0.15) is 17.3 Å². The van der Waals surface area contributed by atoms with E-state index in [4.69, 9.17) is 9.47 Å². The first kappa shape index (κ1) is 16.2. The largest absolute Gasteiger partial charge is 0.486 e. The summed E-state index contributed by atoms with van der Waals surface area (Å²) in [5.41, 5.74) is 2.11. The minimum absolute atomic E-state index is 0.233. The molecule has 1 aromatic heterocycles. The fourth-order valence-electron chi connectivity index (χ4n) is 3.01. The van der Waals surface area contributed by atoms with Crippen molar-refractivity contribution in [1.82, 2.24) is 9.55 Å². The van der Waals surface area contributed by atoms with Gasteiger partial charge < -0.3 is 19.4 Å². The standard InChI is InChI=1S/C20H19N3O3/c1-2-23-10-9-21-19(23)14-5-3-6-15(13-14)22-20(24)16-7-4-8-17-18(16)26-12-11-25-17/h3-10,13H,2,11-12H2,1H3,(H,22,24). The third-order valence-corrected chi connectivity index (χ3v) is 4.25. The van der Waals surface area contributed by atoms with Gasteiger partial charge in [0, 0.05) is 30.2 Å². The van der Waals surface area contributed by atoms with Crippen molar-refractivity contribution in [2.24, 2.45) is 0 Å². The van der Waals surface area contributed by atoms with Crippen LogP contribution in [-0.4, -0.2) is 28.7 Å². The van der Waals surface area contributed by atoms with Gasteiger partial charge in [0.25, 0.3) is 5.91 Å². The molecule has 132 valence electrons. The molecule has 1 aliphatic rings. The fourth-order valence-corrected chi connectivity index (χ4v) is 3.01. The Morgan fingerprint density at radius 2 is 2.04 bits per heavy atom. The number of hydrogen-bond donors (Lipinski definition) is 1. The van der Waals surface area contributed by atoms with Crippen LogP contribution in [0.4, 0.5) is 5.69 Å². The summed E-state index contributed by atoms with van der Waals surface area (Å²) < 4.78 is 13.2. The number of anilines is 1. The minimum Gasteiger partial charge on any atom is -0.486 e. The summed E-state index contributed by atoms with van der Waals surface area (Å²) in [6, 6.07) is 13.0. The molecule has 1 aliphatic heterocycles. The molecule has 0 saturated carbocycles. The summed E-state index contributed by atoms with van der Waals surface area (Å²) in [7, 11) is 0. The summed E-state index contributed by atoms with van der Waals surface area (Å²) in [5.74, 6) is 1.73. The Morgan fingerprint density at radius 3 is 2.92 bits per heavy atom. The Kier molecular flexibility index (Phi) is 4.31. The molecule has 2 aromatic carbocycles. The number of hydrogen-bond acceptors (Lipinski definition) is 4. The number of fused-ring (bicyclic) bond motifs is 1. The van der Waals surface area contributed by atoms with Crippen LogP contribution in [0.25, 0.3) is 11.4 Å². The molecule has 0 aliphatic carbocycles. The van der Waals surface area contributed by atoms with Crippen molar-refractivity contribution >= 4 is 11.6 Å². The number of carbonyl (C=O) groups excluding carboxylic acids is 1. The Morgan fingerprint density at radius 1 is 1.19 bits per heavy atom. The first-order chi connectivity index (χ1) is 12.8. The average Bonchev–Trinajstić information content (AvgIpc) is 3.16. The molecule has 2 heterocycles. The lowest BCUT2D eigenvalue weighted by atomic mass is 10.1. The second-order valence-electron chi connectivity index (χ2n) is 5.90. The molecule has 0 bridgehead atoms. The highest BCUT2D eigenvalue weighted by molar-refractivity contribution is 6.07. The molecular formula is C20H19N3O3. The maximum Gasteiger partial charge on any atom is 0.259 e. The molecule has 0 spiro atoms. The van der Waals surface area contributed by atoms with E-state index in [-0.39, 0.29) is 5.91 Å². The molecule has 6 heteroatoms. The van der Waals surface area contributed by atoms with Gasteiger partial charge in [0.1, 0.15) is 19.0 Å². The number of ether oxygens (including phenoxy) is 2. The molecule has 1 N–H and O–H groups in total. The SMILES string of the molecule is CCn1ccnc1-c1cccc(NC(=O)c2cccc3c2OCCO3)c1. The quantitative estimate of drug-likeness (QED) is 0.782. The molecule has 0 radical (unpaired) electrons. The van der Waals surface area contributed by atoms with Gasteiger partial charge in [0.15, 0.2) is 11.5 Å². The predicted octanol–water partition coefficient (Wildman–Crippen LogP) is 3.59. The molecule has 0 atom stereocenters. The van der Waals surface area contributed by atoms with Gasteiger partial charge in [0.2, 0.25) is 0 Å². The van der Waals surface area contributed by atoms with Crippen LogP contribution in [0, 0.1) is 0 Å². The Hall–Kier alpha value is -3.28. The van der Waals surface area contributed by atoms with E-state index in [1.807, 2.05) is 30.5 Å². The number of imidazole rings is 1. The number of rotatable bonds is 4. The van der Waals surface area contributed by atoms with Crippen molar-refractivity contribution in [2.75, 3.05) is 18.5 Å². The van der Waals surface area contributed by atoms with Gasteiger partial charge in [-0.2, -0.15) is 0 Å². The number of aryl methyl sites for hydroxylation is 1. The Balaban J connectivity index is 1.60. The van der Waals surface area contributed by atoms with Crippen LogP contribution < -0.4 is 14.8 Å². The maximum atomic E-state index is 12.7. The third kappa shape index (κ3) is 3.01. The van der Waals surface area contributed by atoms with Gasteiger partial charge in [-0.05, 0) is 31.2 Å². The summed E-state index contributed by atoms with van der Waals surface area (Å²) in [6.07, 6.45) is 3.71. The van der Waals surface area contributed by atoms with Crippen molar-refractivity contribution < 1.29 is 14.3 Å². The van der Waals surface area contributed by atoms with E-state index < -0.39 is 0 Å². The van der Waals surface area contributed by atoms with Crippen LogP contribution in [0.15, 0.2) is 54.9 Å². The van der Waals surface area contributed by atoms with E-state index in [2.05, 4.69) is 21.8 Å². The monoisotopic (exact) mass is 349 g/mol. The number of amides is 1. The number of carbonyl (C=O) groups is 1. The number of benzene rings is 2. The second kappa shape index (κ2) is 6.92. The van der Waals surface area contributed by atoms with Gasteiger partial charge >= 0.3 is 0 Å². The molecule has 6 nitrogen and oxygen atoms in total. The van der Waals surface area contributed by atoms with E-state index in [0.29, 0.717) is 36.0 Å². The number of para-hydroxylation sites is 1. The molecule has 3 aromatic rings. The van der Waals surface area contributed by atoms with Crippen molar-refractivity contribution in [3.8, 4) is 22.9 Å². The van der Waals surface area contributed by atoms with E-state index >= 15 is 0 Å². The lowest BCUT2D eigenvalue weighted by Gasteiger charge is -2.20. The Bertz CT molecular complexity index is 949. The van der Waals surface area contributed by atoms with Gasteiger partial charge in [0.05, 0.1) is 5.56 Å². The van der Waals surface area contributed by atoms with E-state index in [1.54, 1.807) is 24.4 Å². The second-order valence-corrected chi connectivity index (χ2v) is 5.90. The molecule has 26 heavy (non-hydrogen) atoms. The normalized spacial score (nSPS) is 12.7. The first-order valence-corrected chi connectivity index (χ1v) is 8.58. The molecule has 0 saturated heterocycles. The van der Waals surface area contributed by atoms with Gasteiger partial charge in [-0.15, -0.1) is 0 Å². The summed E-state index contributed by atoms with van der Waals surface area (Å²) in [4.78, 5) is 17.1. The highest BCUT2D eigenvalue weighted by Crippen LogP contribution is 2.34. The smallest absolute Gasteiger partial charge is 0.259 e. The lowest BCUT2D eigenvalue weighted by molar-refractivity contribution is 0.101. The zero-order valence-corrected chi connectivity index (χ0v) is 14.4. The van der Waals surface area contributed by atoms with E-state index in [1.165, 1.54) is 0 Å². The van der Waals surface area contributed by atoms with Crippen molar-refractivity contribution in [2.45, 2.75) is 13.5 Å². The van der Waals surface area contributed by atoms with Crippen molar-refractivity contribution in [3.05, 3.63) is 60.4 Å². The van der Waals surface area contributed by atoms with Crippen LogP contribution >= 0.6 is 0 Å². The first-order valence-electron chi connectivity index (χ1n) is 8.58. The van der Waals surface area contributed by atoms with Gasteiger partial charge in [-0.25, -0.2) is 4.98 Å². The molecule has 0 unspecified atom stereocenters. The van der Waals surface area contributed by atoms with Gasteiger partial charge in [-0.1, -0.05) is 18.2 Å². The summed E-state index contributed by atoms with van der Waals surface area (Å²) >= 11 is 0. The zero-order chi connectivity index (χ0) is 17.9. The lowest BCUT2D eigenvalue weighted by Crippen LogP contribution is -2.20. The predicted molar refractivity (Wildman–Crippen MR) is 98.7 cm³/mol. The van der Waals surface area contributed by atoms with Crippen molar-refractivity contribution in [3.63, 3.8) is 0 Å².